The molecule has 0 fully saturated rings. The Balaban J connectivity index is 1.71. The zero-order valence-electron chi connectivity index (χ0n) is 18.5. The quantitative estimate of drug-likeness (QED) is 0.484. The molecule has 0 amide bonds. The number of aliphatic hydroxyl groups excluding tert-OH is 1. The maximum absolute atomic E-state index is 12.8. The molecule has 0 aromatic heterocycles. The highest BCUT2D eigenvalue weighted by Crippen LogP contribution is 2.41. The Labute approximate surface area is 193 Å². The van der Waals surface area contributed by atoms with Crippen LogP contribution in [0.5, 0.6) is 0 Å². The third-order valence-corrected chi connectivity index (χ3v) is 7.25. The molecule has 2 aliphatic heterocycles. The molecular formula is C23H28N4O5S. The molecule has 0 bridgehead atoms. The SMILES string of the molecule is CC(C)CCN1CC(C2=NS(=O)(=O)c3ccccc3N2)C(O)c2cc(NCC(=O)O)ccc21. The lowest BCUT2D eigenvalue weighted by Crippen LogP contribution is -2.45. The lowest BCUT2D eigenvalue weighted by molar-refractivity contribution is -0.134. The lowest BCUT2D eigenvalue weighted by Gasteiger charge is -2.40. The molecule has 10 heteroatoms. The summed E-state index contributed by atoms with van der Waals surface area (Å²) in [5.74, 6) is -0.935. The molecule has 0 radical (unpaired) electrons. The number of nitrogens with zero attached hydrogens (tertiary/aromatic N) is 2. The Morgan fingerprint density at radius 2 is 2.03 bits per heavy atom. The predicted octanol–water partition coefficient (Wildman–Crippen LogP) is 2.91. The van der Waals surface area contributed by atoms with Crippen LogP contribution in [-0.2, 0) is 14.8 Å². The van der Waals surface area contributed by atoms with Gasteiger partial charge in [-0.15, -0.1) is 4.40 Å². The summed E-state index contributed by atoms with van der Waals surface area (Å²) in [6.07, 6.45) is -0.101. The molecule has 4 rings (SSSR count). The van der Waals surface area contributed by atoms with Crippen molar-refractivity contribution >= 4 is 38.9 Å². The van der Waals surface area contributed by atoms with Crippen LogP contribution in [0.25, 0.3) is 0 Å². The Kier molecular flexibility index (Phi) is 6.31. The molecular weight excluding hydrogens is 444 g/mol. The van der Waals surface area contributed by atoms with Gasteiger partial charge in [0.05, 0.1) is 17.7 Å². The highest BCUT2D eigenvalue weighted by Gasteiger charge is 2.38. The molecule has 176 valence electrons. The Bertz CT molecular complexity index is 1200. The summed E-state index contributed by atoms with van der Waals surface area (Å²) in [7, 11) is -3.89. The molecule has 0 spiro atoms. The number of amidine groups is 1. The highest BCUT2D eigenvalue weighted by molar-refractivity contribution is 7.90. The number of aliphatic carboxylic acids is 1. The van der Waals surface area contributed by atoms with Crippen molar-refractivity contribution in [2.75, 3.05) is 35.2 Å². The van der Waals surface area contributed by atoms with Crippen LogP contribution in [0, 0.1) is 11.8 Å². The number of sulfonamides is 1. The van der Waals surface area contributed by atoms with Crippen LogP contribution in [0.2, 0.25) is 0 Å². The molecule has 2 unspecified atom stereocenters. The maximum atomic E-state index is 12.8. The van der Waals surface area contributed by atoms with Gasteiger partial charge in [0.2, 0.25) is 0 Å². The summed E-state index contributed by atoms with van der Waals surface area (Å²) >= 11 is 0. The number of hydrogen-bond acceptors (Lipinski definition) is 7. The van der Waals surface area contributed by atoms with Crippen molar-refractivity contribution in [3.63, 3.8) is 0 Å². The lowest BCUT2D eigenvalue weighted by atomic mass is 9.87. The molecule has 2 atom stereocenters. The second-order valence-corrected chi connectivity index (χ2v) is 10.3. The van der Waals surface area contributed by atoms with E-state index in [0.29, 0.717) is 29.4 Å². The summed E-state index contributed by atoms with van der Waals surface area (Å²) in [6.45, 7) is 5.14. The normalized spacial score (nSPS) is 21.0. The van der Waals surface area contributed by atoms with Crippen molar-refractivity contribution in [3.05, 3.63) is 48.0 Å². The fourth-order valence-electron chi connectivity index (χ4n) is 4.18. The van der Waals surface area contributed by atoms with E-state index < -0.39 is 28.0 Å². The van der Waals surface area contributed by atoms with Gasteiger partial charge in [-0.2, -0.15) is 8.42 Å². The zero-order chi connectivity index (χ0) is 23.8. The number of nitrogens with one attached hydrogen (secondary N) is 2. The van der Waals surface area contributed by atoms with Gasteiger partial charge in [-0.1, -0.05) is 26.0 Å². The van der Waals surface area contributed by atoms with Gasteiger partial charge < -0.3 is 25.7 Å². The van der Waals surface area contributed by atoms with E-state index >= 15 is 0 Å². The van der Waals surface area contributed by atoms with Crippen LogP contribution in [0.3, 0.4) is 0 Å². The van der Waals surface area contributed by atoms with Crippen molar-refractivity contribution in [2.45, 2.75) is 31.3 Å². The molecule has 0 saturated carbocycles. The minimum atomic E-state index is -3.89. The number of carboxylic acid groups (broad SMARTS) is 1. The molecule has 9 nitrogen and oxygen atoms in total. The largest absolute Gasteiger partial charge is 0.480 e. The van der Waals surface area contributed by atoms with Gasteiger partial charge >= 0.3 is 5.97 Å². The number of hydrogen-bond donors (Lipinski definition) is 4. The third-order valence-electron chi connectivity index (χ3n) is 5.90. The second-order valence-electron chi connectivity index (χ2n) is 8.77. The third kappa shape index (κ3) is 4.81. The summed E-state index contributed by atoms with van der Waals surface area (Å²) in [6, 6.07) is 11.9. The monoisotopic (exact) mass is 472 g/mol. The van der Waals surface area contributed by atoms with Crippen LogP contribution in [-0.4, -0.2) is 50.1 Å². The zero-order valence-corrected chi connectivity index (χ0v) is 19.3. The Morgan fingerprint density at radius 1 is 1.27 bits per heavy atom. The molecule has 0 saturated heterocycles. The minimum Gasteiger partial charge on any atom is -0.480 e. The molecule has 2 aromatic rings. The van der Waals surface area contributed by atoms with Gasteiger partial charge in [0.1, 0.15) is 17.3 Å². The van der Waals surface area contributed by atoms with E-state index in [1.54, 1.807) is 30.3 Å². The van der Waals surface area contributed by atoms with Crippen molar-refractivity contribution in [1.29, 1.82) is 0 Å². The topological polar surface area (TPSA) is 131 Å². The van der Waals surface area contributed by atoms with Gasteiger partial charge in [-0.25, -0.2) is 0 Å². The van der Waals surface area contributed by atoms with Crippen LogP contribution >= 0.6 is 0 Å². The summed E-state index contributed by atoms with van der Waals surface area (Å²) in [5.41, 5.74) is 2.45. The van der Waals surface area contributed by atoms with Gasteiger partial charge in [0.25, 0.3) is 10.0 Å². The standard InChI is InChI=1S/C23H28N4O5S/c1-14(2)9-10-27-13-17(23-25-18-5-3-4-6-20(18)33(31,32)26-23)22(30)16-11-15(7-8-19(16)27)24-12-21(28)29/h3-8,11,14,17,22,24,30H,9-10,12-13H2,1-2H3,(H,25,26)(H,28,29). The molecule has 2 heterocycles. The van der Waals surface area contributed by atoms with Crippen LogP contribution in [0.15, 0.2) is 51.8 Å². The molecule has 0 aliphatic carbocycles. The summed E-state index contributed by atoms with van der Waals surface area (Å²) in [5, 5.41) is 26.2. The van der Waals surface area contributed by atoms with Gasteiger partial charge in [0.15, 0.2) is 0 Å². The van der Waals surface area contributed by atoms with E-state index in [1.807, 2.05) is 6.07 Å². The van der Waals surface area contributed by atoms with Crippen molar-refractivity contribution in [2.24, 2.45) is 16.2 Å². The molecule has 4 N–H and O–H groups in total. The summed E-state index contributed by atoms with van der Waals surface area (Å²) < 4.78 is 29.6. The van der Waals surface area contributed by atoms with E-state index in [2.05, 4.69) is 33.8 Å². The Hall–Kier alpha value is -3.11. The first-order valence-electron chi connectivity index (χ1n) is 10.9. The number of para-hydroxylation sites is 1. The summed E-state index contributed by atoms with van der Waals surface area (Å²) in [4.78, 5) is 13.2. The maximum Gasteiger partial charge on any atom is 0.322 e. The number of anilines is 3. The number of benzene rings is 2. The first kappa shape index (κ1) is 23.1. The number of carbonyl (C=O) groups is 1. The molecule has 2 aromatic carbocycles. The van der Waals surface area contributed by atoms with E-state index in [9.17, 15) is 18.3 Å². The number of aliphatic hydroxyl groups is 1. The first-order chi connectivity index (χ1) is 15.7. The smallest absolute Gasteiger partial charge is 0.322 e. The highest BCUT2D eigenvalue weighted by atomic mass is 32.2. The predicted molar refractivity (Wildman–Crippen MR) is 127 cm³/mol. The first-order valence-corrected chi connectivity index (χ1v) is 12.3. The van der Waals surface area contributed by atoms with Crippen LogP contribution in [0.4, 0.5) is 17.1 Å². The molecule has 2 aliphatic rings. The van der Waals surface area contributed by atoms with Gasteiger partial charge in [-0.05, 0) is 42.7 Å². The Morgan fingerprint density at radius 3 is 2.76 bits per heavy atom. The van der Waals surface area contributed by atoms with E-state index in [0.717, 1.165) is 18.7 Å². The number of carboxylic acids is 1. The van der Waals surface area contributed by atoms with Crippen molar-refractivity contribution in [1.82, 2.24) is 0 Å². The fourth-order valence-corrected chi connectivity index (χ4v) is 5.36. The number of rotatable bonds is 7. The minimum absolute atomic E-state index is 0.108. The van der Waals surface area contributed by atoms with Crippen LogP contribution < -0.4 is 15.5 Å². The van der Waals surface area contributed by atoms with Crippen LogP contribution in [0.1, 0.15) is 31.9 Å². The number of fused-ring (bicyclic) bond motifs is 2. The van der Waals surface area contributed by atoms with E-state index in [-0.39, 0.29) is 17.3 Å². The van der Waals surface area contributed by atoms with E-state index in [1.165, 1.54) is 6.07 Å². The van der Waals surface area contributed by atoms with Gasteiger partial charge in [-0.3, -0.25) is 4.79 Å². The second kappa shape index (κ2) is 9.03. The fraction of sp³-hybridized carbons (Fsp3) is 0.391. The average Bonchev–Trinajstić information content (AvgIpc) is 2.76. The van der Waals surface area contributed by atoms with Crippen molar-refractivity contribution < 1.29 is 23.4 Å². The van der Waals surface area contributed by atoms with Crippen molar-refractivity contribution in [3.8, 4) is 0 Å². The average molecular weight is 473 g/mol. The molecule has 33 heavy (non-hydrogen) atoms. The van der Waals surface area contributed by atoms with Gasteiger partial charge in [0, 0.05) is 30.0 Å². The van der Waals surface area contributed by atoms with E-state index in [4.69, 9.17) is 5.11 Å².